The highest BCUT2D eigenvalue weighted by Gasteiger charge is 2.18. The van der Waals surface area contributed by atoms with Gasteiger partial charge >= 0.3 is 0 Å². The number of benzene rings is 2. The molecule has 2 aromatic carbocycles. The number of aryl methyl sites for hydroxylation is 1. The minimum atomic E-state index is -0.758. The van der Waals surface area contributed by atoms with E-state index in [0.29, 0.717) is 12.2 Å². The first-order valence-electron chi connectivity index (χ1n) is 6.36. The molecule has 4 heteroatoms. The van der Waals surface area contributed by atoms with E-state index in [1.165, 1.54) is 18.2 Å². The summed E-state index contributed by atoms with van der Waals surface area (Å²) in [7, 11) is 1.56. The number of nitrogens with two attached hydrogens (primary N) is 1. The molecule has 0 spiro atoms. The number of rotatable bonds is 4. The van der Waals surface area contributed by atoms with E-state index in [-0.39, 0.29) is 5.56 Å². The van der Waals surface area contributed by atoms with Crippen molar-refractivity contribution in [2.45, 2.75) is 19.4 Å². The smallest absolute Gasteiger partial charge is 0.130 e. The summed E-state index contributed by atoms with van der Waals surface area (Å²) in [5.41, 5.74) is 7.76. The van der Waals surface area contributed by atoms with Gasteiger partial charge in [-0.1, -0.05) is 23.8 Å². The second-order valence-corrected chi connectivity index (χ2v) is 4.76. The Morgan fingerprint density at radius 2 is 1.80 bits per heavy atom. The maximum atomic E-state index is 13.7. The average Bonchev–Trinajstić information content (AvgIpc) is 2.38. The Morgan fingerprint density at radius 3 is 2.40 bits per heavy atom. The van der Waals surface area contributed by atoms with E-state index >= 15 is 0 Å². The van der Waals surface area contributed by atoms with Crippen molar-refractivity contribution >= 4 is 0 Å². The topological polar surface area (TPSA) is 35.2 Å². The largest absolute Gasteiger partial charge is 0.496 e. The van der Waals surface area contributed by atoms with E-state index < -0.39 is 17.7 Å². The van der Waals surface area contributed by atoms with E-state index in [1.54, 1.807) is 7.11 Å². The first-order valence-corrected chi connectivity index (χ1v) is 6.36. The summed E-state index contributed by atoms with van der Waals surface area (Å²) in [6.07, 6.45) is 0.308. The molecule has 0 bridgehead atoms. The van der Waals surface area contributed by atoms with E-state index in [4.69, 9.17) is 10.5 Å². The molecule has 0 fully saturated rings. The van der Waals surface area contributed by atoms with Gasteiger partial charge in [-0.05, 0) is 37.1 Å². The molecule has 2 rings (SSSR count). The fraction of sp³-hybridized carbons (Fsp3) is 0.250. The minimum absolute atomic E-state index is 0.0870. The standard InChI is InChI=1S/C16H17F2NO/c1-10-6-7-15(20-2)11(8-10)9-14(19)16-12(17)4-3-5-13(16)18/h3-8,14H,9,19H2,1-2H3. The van der Waals surface area contributed by atoms with Crippen molar-refractivity contribution < 1.29 is 13.5 Å². The number of ether oxygens (including phenoxy) is 1. The van der Waals surface area contributed by atoms with Crippen molar-refractivity contribution in [1.29, 1.82) is 0 Å². The zero-order valence-corrected chi connectivity index (χ0v) is 11.5. The van der Waals surface area contributed by atoms with Gasteiger partial charge in [-0.15, -0.1) is 0 Å². The molecule has 1 unspecified atom stereocenters. The summed E-state index contributed by atoms with van der Waals surface area (Å²) in [5.74, 6) is -0.573. The first-order chi connectivity index (χ1) is 9.52. The van der Waals surface area contributed by atoms with Crippen molar-refractivity contribution in [3.8, 4) is 5.75 Å². The molecule has 0 saturated carbocycles. The number of methoxy groups -OCH3 is 1. The molecule has 0 aliphatic carbocycles. The van der Waals surface area contributed by atoms with Crippen LogP contribution in [0, 0.1) is 18.6 Å². The third-order valence-corrected chi connectivity index (χ3v) is 3.25. The average molecular weight is 277 g/mol. The van der Waals surface area contributed by atoms with Crippen LogP contribution in [0.25, 0.3) is 0 Å². The van der Waals surface area contributed by atoms with Crippen LogP contribution in [-0.4, -0.2) is 7.11 Å². The lowest BCUT2D eigenvalue weighted by atomic mass is 9.97. The molecule has 1 atom stereocenters. The van der Waals surface area contributed by atoms with Gasteiger partial charge in [0.2, 0.25) is 0 Å². The Hall–Kier alpha value is -1.94. The Morgan fingerprint density at radius 1 is 1.15 bits per heavy atom. The van der Waals surface area contributed by atoms with Crippen LogP contribution in [0.5, 0.6) is 5.75 Å². The van der Waals surface area contributed by atoms with Crippen LogP contribution in [0.4, 0.5) is 8.78 Å². The summed E-state index contributed by atoms with van der Waals surface area (Å²) >= 11 is 0. The Balaban J connectivity index is 2.32. The van der Waals surface area contributed by atoms with E-state index in [2.05, 4.69) is 0 Å². The van der Waals surface area contributed by atoms with Gasteiger partial charge in [0.15, 0.2) is 0 Å². The Bertz CT molecular complexity index is 593. The molecule has 0 aliphatic rings. The molecular weight excluding hydrogens is 260 g/mol. The van der Waals surface area contributed by atoms with E-state index in [9.17, 15) is 8.78 Å². The highest BCUT2D eigenvalue weighted by molar-refractivity contribution is 5.38. The Kier molecular flexibility index (Phi) is 4.35. The quantitative estimate of drug-likeness (QED) is 0.928. The van der Waals surface area contributed by atoms with Gasteiger partial charge in [-0.2, -0.15) is 0 Å². The summed E-state index contributed by atoms with van der Waals surface area (Å²) in [6.45, 7) is 1.94. The second kappa shape index (κ2) is 6.01. The van der Waals surface area contributed by atoms with Gasteiger partial charge in [-0.3, -0.25) is 0 Å². The highest BCUT2D eigenvalue weighted by atomic mass is 19.1. The van der Waals surface area contributed by atoms with E-state index in [0.717, 1.165) is 11.1 Å². The van der Waals surface area contributed by atoms with Gasteiger partial charge in [0.1, 0.15) is 17.4 Å². The van der Waals surface area contributed by atoms with Crippen molar-refractivity contribution in [2.75, 3.05) is 7.11 Å². The van der Waals surface area contributed by atoms with Crippen LogP contribution < -0.4 is 10.5 Å². The lowest BCUT2D eigenvalue weighted by molar-refractivity contribution is 0.407. The number of hydrogen-bond donors (Lipinski definition) is 1. The maximum Gasteiger partial charge on any atom is 0.130 e. The van der Waals surface area contributed by atoms with Crippen LogP contribution in [-0.2, 0) is 6.42 Å². The van der Waals surface area contributed by atoms with Crippen LogP contribution in [0.15, 0.2) is 36.4 Å². The van der Waals surface area contributed by atoms with Gasteiger partial charge in [0.05, 0.1) is 7.11 Å². The molecule has 0 radical (unpaired) electrons. The van der Waals surface area contributed by atoms with Crippen LogP contribution in [0.2, 0.25) is 0 Å². The summed E-state index contributed by atoms with van der Waals surface area (Å²) in [6, 6.07) is 8.65. The Labute approximate surface area is 117 Å². The lowest BCUT2D eigenvalue weighted by Crippen LogP contribution is -2.17. The van der Waals surface area contributed by atoms with Gasteiger partial charge < -0.3 is 10.5 Å². The monoisotopic (exact) mass is 277 g/mol. The summed E-state index contributed by atoms with van der Waals surface area (Å²) in [5, 5.41) is 0. The molecule has 0 amide bonds. The molecule has 2 nitrogen and oxygen atoms in total. The molecule has 106 valence electrons. The highest BCUT2D eigenvalue weighted by Crippen LogP contribution is 2.27. The fourth-order valence-corrected chi connectivity index (χ4v) is 2.27. The maximum absolute atomic E-state index is 13.7. The lowest BCUT2D eigenvalue weighted by Gasteiger charge is -2.16. The third kappa shape index (κ3) is 2.96. The van der Waals surface area contributed by atoms with Crippen LogP contribution in [0.1, 0.15) is 22.7 Å². The normalized spacial score (nSPS) is 12.2. The summed E-state index contributed by atoms with van der Waals surface area (Å²) < 4.78 is 32.7. The van der Waals surface area contributed by atoms with Crippen molar-refractivity contribution in [3.63, 3.8) is 0 Å². The molecule has 0 aromatic heterocycles. The van der Waals surface area contributed by atoms with Crippen molar-refractivity contribution in [2.24, 2.45) is 5.73 Å². The van der Waals surface area contributed by atoms with Gasteiger partial charge in [-0.25, -0.2) is 8.78 Å². The third-order valence-electron chi connectivity index (χ3n) is 3.25. The first kappa shape index (κ1) is 14.5. The number of hydrogen-bond acceptors (Lipinski definition) is 2. The molecule has 0 heterocycles. The molecule has 2 aromatic rings. The molecular formula is C16H17F2NO. The summed E-state index contributed by atoms with van der Waals surface area (Å²) in [4.78, 5) is 0. The van der Waals surface area contributed by atoms with Crippen molar-refractivity contribution in [3.05, 3.63) is 64.7 Å². The fourth-order valence-electron chi connectivity index (χ4n) is 2.27. The van der Waals surface area contributed by atoms with E-state index in [1.807, 2.05) is 25.1 Å². The zero-order valence-electron chi connectivity index (χ0n) is 11.5. The molecule has 0 saturated heterocycles. The SMILES string of the molecule is COc1ccc(C)cc1CC(N)c1c(F)cccc1F. The minimum Gasteiger partial charge on any atom is -0.496 e. The van der Waals surface area contributed by atoms with Crippen molar-refractivity contribution in [1.82, 2.24) is 0 Å². The predicted octanol–water partition coefficient (Wildman–Crippen LogP) is 3.52. The molecule has 20 heavy (non-hydrogen) atoms. The van der Waals surface area contributed by atoms with Gasteiger partial charge in [0.25, 0.3) is 0 Å². The number of halogens is 2. The van der Waals surface area contributed by atoms with Gasteiger partial charge in [0, 0.05) is 11.6 Å². The molecule has 0 aliphatic heterocycles. The van der Waals surface area contributed by atoms with Crippen LogP contribution >= 0.6 is 0 Å². The van der Waals surface area contributed by atoms with Crippen LogP contribution in [0.3, 0.4) is 0 Å². The predicted molar refractivity (Wildman–Crippen MR) is 74.7 cm³/mol. The zero-order chi connectivity index (χ0) is 14.7. The second-order valence-electron chi connectivity index (χ2n) is 4.76. The molecule has 2 N–H and O–H groups in total.